The third kappa shape index (κ3) is 3.20. The summed E-state index contributed by atoms with van der Waals surface area (Å²) in [4.78, 5) is 11.9. The van der Waals surface area contributed by atoms with Gasteiger partial charge in [-0.15, -0.1) is 0 Å². The zero-order valence-corrected chi connectivity index (χ0v) is 12.1. The lowest BCUT2D eigenvalue weighted by atomic mass is 9.76. The fourth-order valence-electron chi connectivity index (χ4n) is 4.11. The minimum atomic E-state index is -4.07. The molecule has 0 aliphatic heterocycles. The summed E-state index contributed by atoms with van der Waals surface area (Å²) in [5.74, 6) is -1.06. The van der Waals surface area contributed by atoms with Crippen molar-refractivity contribution in [2.75, 3.05) is 0 Å². The van der Waals surface area contributed by atoms with E-state index in [1.807, 2.05) is 0 Å². The fourth-order valence-corrected chi connectivity index (χ4v) is 4.11. The third-order valence-electron chi connectivity index (χ3n) is 5.71. The summed E-state index contributed by atoms with van der Waals surface area (Å²) in [5, 5.41) is 3.00. The van der Waals surface area contributed by atoms with Gasteiger partial charge >= 0.3 is 6.18 Å². The van der Waals surface area contributed by atoms with Gasteiger partial charge in [0.05, 0.1) is 5.92 Å². The quantitative estimate of drug-likeness (QED) is 0.842. The molecule has 0 heterocycles. The molecular formula is C15H23F3N2O. The van der Waals surface area contributed by atoms with Crippen molar-refractivity contribution in [2.24, 2.45) is 23.0 Å². The second kappa shape index (κ2) is 5.14. The van der Waals surface area contributed by atoms with E-state index in [-0.39, 0.29) is 30.7 Å². The van der Waals surface area contributed by atoms with Gasteiger partial charge in [0.25, 0.3) is 0 Å². The van der Waals surface area contributed by atoms with Gasteiger partial charge in [0, 0.05) is 18.5 Å². The minimum Gasteiger partial charge on any atom is -0.353 e. The molecule has 3 rings (SSSR count). The molecule has 3 nitrogen and oxygen atoms in total. The van der Waals surface area contributed by atoms with Crippen molar-refractivity contribution < 1.29 is 18.0 Å². The van der Waals surface area contributed by atoms with Crippen molar-refractivity contribution in [1.82, 2.24) is 5.32 Å². The first-order valence-corrected chi connectivity index (χ1v) is 7.90. The zero-order valence-electron chi connectivity index (χ0n) is 12.1. The van der Waals surface area contributed by atoms with Gasteiger partial charge in [-0.05, 0) is 56.3 Å². The molecule has 3 saturated carbocycles. The van der Waals surface area contributed by atoms with Crippen LogP contribution < -0.4 is 11.1 Å². The average Bonchev–Trinajstić information content (AvgIpc) is 2.99. The van der Waals surface area contributed by atoms with Crippen molar-refractivity contribution in [3.05, 3.63) is 0 Å². The molecule has 0 bridgehead atoms. The zero-order chi connectivity index (χ0) is 15.3. The monoisotopic (exact) mass is 304 g/mol. The van der Waals surface area contributed by atoms with E-state index in [1.54, 1.807) is 0 Å². The van der Waals surface area contributed by atoms with Crippen LogP contribution in [0.2, 0.25) is 0 Å². The number of hydrogen-bond acceptors (Lipinski definition) is 2. The van der Waals surface area contributed by atoms with Gasteiger partial charge in [-0.3, -0.25) is 4.79 Å². The van der Waals surface area contributed by atoms with Gasteiger partial charge in [0.2, 0.25) is 5.91 Å². The van der Waals surface area contributed by atoms with Crippen LogP contribution in [0.1, 0.15) is 51.4 Å². The molecule has 0 saturated heterocycles. The molecule has 3 fully saturated rings. The number of hydrogen-bond donors (Lipinski definition) is 2. The molecule has 0 radical (unpaired) electrons. The summed E-state index contributed by atoms with van der Waals surface area (Å²) in [6, 6.07) is 0.542. The lowest BCUT2D eigenvalue weighted by Crippen LogP contribution is -2.47. The molecule has 1 amide bonds. The standard InChI is InChI=1S/C15H23F3N2O/c16-15(17,18)10-3-1-9(2-4-10)5-13(21)20-11-6-14(7-11)8-12(14)19/h9-12H,1-8,19H2,(H,20,21). The van der Waals surface area contributed by atoms with E-state index < -0.39 is 12.1 Å². The summed E-state index contributed by atoms with van der Waals surface area (Å²) in [7, 11) is 0. The Morgan fingerprint density at radius 2 is 1.71 bits per heavy atom. The maximum absolute atomic E-state index is 12.6. The number of carbonyl (C=O) groups excluding carboxylic acids is 1. The van der Waals surface area contributed by atoms with Crippen molar-refractivity contribution in [3.63, 3.8) is 0 Å². The number of amides is 1. The van der Waals surface area contributed by atoms with E-state index in [9.17, 15) is 18.0 Å². The largest absolute Gasteiger partial charge is 0.391 e. The summed E-state index contributed by atoms with van der Waals surface area (Å²) in [5.41, 5.74) is 6.16. The highest BCUT2D eigenvalue weighted by molar-refractivity contribution is 5.76. The number of alkyl halides is 3. The molecule has 0 aromatic carbocycles. The lowest BCUT2D eigenvalue weighted by Gasteiger charge is -2.37. The molecule has 3 aliphatic rings. The van der Waals surface area contributed by atoms with Crippen LogP contribution in [0, 0.1) is 17.3 Å². The fraction of sp³-hybridized carbons (Fsp3) is 0.933. The maximum Gasteiger partial charge on any atom is 0.391 e. The maximum atomic E-state index is 12.6. The van der Waals surface area contributed by atoms with Crippen LogP contribution in [-0.4, -0.2) is 24.2 Å². The van der Waals surface area contributed by atoms with Gasteiger partial charge in [0.15, 0.2) is 0 Å². The molecule has 0 aromatic heterocycles. The Morgan fingerprint density at radius 1 is 1.14 bits per heavy atom. The highest BCUT2D eigenvalue weighted by Crippen LogP contribution is 2.59. The van der Waals surface area contributed by atoms with E-state index >= 15 is 0 Å². The summed E-state index contributed by atoms with van der Waals surface area (Å²) >= 11 is 0. The smallest absolute Gasteiger partial charge is 0.353 e. The third-order valence-corrected chi connectivity index (χ3v) is 5.71. The van der Waals surface area contributed by atoms with E-state index in [2.05, 4.69) is 5.32 Å². The number of carbonyl (C=O) groups is 1. The average molecular weight is 304 g/mol. The molecular weight excluding hydrogens is 281 g/mol. The van der Waals surface area contributed by atoms with Gasteiger partial charge in [0.1, 0.15) is 0 Å². The predicted molar refractivity (Wildman–Crippen MR) is 72.3 cm³/mol. The molecule has 3 aliphatic carbocycles. The van der Waals surface area contributed by atoms with Crippen LogP contribution in [0.4, 0.5) is 13.2 Å². The van der Waals surface area contributed by atoms with Crippen molar-refractivity contribution in [3.8, 4) is 0 Å². The van der Waals surface area contributed by atoms with Crippen LogP contribution >= 0.6 is 0 Å². The van der Waals surface area contributed by atoms with Gasteiger partial charge in [-0.2, -0.15) is 13.2 Å². The Kier molecular flexibility index (Phi) is 3.71. The van der Waals surface area contributed by atoms with Crippen molar-refractivity contribution >= 4 is 5.91 Å². The van der Waals surface area contributed by atoms with Crippen molar-refractivity contribution in [1.29, 1.82) is 0 Å². The van der Waals surface area contributed by atoms with E-state index in [4.69, 9.17) is 5.73 Å². The Bertz CT molecular complexity index is 410. The second-order valence-electron chi connectivity index (χ2n) is 7.31. The number of nitrogens with two attached hydrogens (primary N) is 1. The van der Waals surface area contributed by atoms with Crippen LogP contribution in [0.3, 0.4) is 0 Å². The molecule has 6 heteroatoms. The lowest BCUT2D eigenvalue weighted by molar-refractivity contribution is -0.184. The normalized spacial score (nSPS) is 42.5. The second-order valence-corrected chi connectivity index (χ2v) is 7.31. The first-order valence-electron chi connectivity index (χ1n) is 7.90. The van der Waals surface area contributed by atoms with Gasteiger partial charge in [-0.25, -0.2) is 0 Å². The Labute approximate surface area is 122 Å². The van der Waals surface area contributed by atoms with Crippen LogP contribution in [0.15, 0.2) is 0 Å². The van der Waals surface area contributed by atoms with E-state index in [0.717, 1.165) is 19.3 Å². The van der Waals surface area contributed by atoms with E-state index in [1.165, 1.54) is 0 Å². The minimum absolute atomic E-state index is 0.000435. The topological polar surface area (TPSA) is 55.1 Å². The first-order chi connectivity index (χ1) is 9.78. The number of nitrogens with one attached hydrogen (secondary N) is 1. The molecule has 3 N–H and O–H groups in total. The molecule has 1 unspecified atom stereocenters. The molecule has 21 heavy (non-hydrogen) atoms. The molecule has 0 aromatic rings. The predicted octanol–water partition coefficient (Wildman–Crippen LogP) is 2.74. The van der Waals surface area contributed by atoms with Crippen LogP contribution in [-0.2, 0) is 4.79 Å². The SMILES string of the molecule is NC1CC12CC(NC(=O)CC1CCC(C(F)(F)F)CC1)C2. The number of rotatable bonds is 3. The van der Waals surface area contributed by atoms with Crippen molar-refractivity contribution in [2.45, 2.75) is 69.6 Å². The first kappa shape index (κ1) is 15.1. The number of halogens is 3. The highest BCUT2D eigenvalue weighted by atomic mass is 19.4. The summed E-state index contributed by atoms with van der Waals surface area (Å²) in [6.07, 6.45) is 0.679. The van der Waals surface area contributed by atoms with Crippen LogP contribution in [0.25, 0.3) is 0 Å². The Morgan fingerprint density at radius 3 is 2.19 bits per heavy atom. The molecule has 1 atom stereocenters. The Hall–Kier alpha value is -0.780. The van der Waals surface area contributed by atoms with Gasteiger partial charge in [-0.1, -0.05) is 0 Å². The molecule has 1 spiro atoms. The Balaban J connectivity index is 1.35. The summed E-state index contributed by atoms with van der Waals surface area (Å²) in [6.45, 7) is 0. The molecule has 120 valence electrons. The van der Waals surface area contributed by atoms with E-state index in [0.29, 0.717) is 30.7 Å². The summed E-state index contributed by atoms with van der Waals surface area (Å²) < 4.78 is 37.7. The van der Waals surface area contributed by atoms with Crippen LogP contribution in [0.5, 0.6) is 0 Å². The van der Waals surface area contributed by atoms with Gasteiger partial charge < -0.3 is 11.1 Å². The highest BCUT2D eigenvalue weighted by Gasteiger charge is 2.60.